The molecule has 1 atom stereocenters. The summed E-state index contributed by atoms with van der Waals surface area (Å²) in [6.07, 6.45) is 0. The third kappa shape index (κ3) is 3.75. The Morgan fingerprint density at radius 2 is 2.32 bits per heavy atom. The number of tetrazole rings is 1. The van der Waals surface area contributed by atoms with E-state index in [1.165, 1.54) is 6.07 Å². The molecule has 0 fully saturated rings. The van der Waals surface area contributed by atoms with Gasteiger partial charge in [-0.05, 0) is 19.1 Å². The number of H-pyrrole nitrogens is 1. The van der Waals surface area contributed by atoms with Crippen molar-refractivity contribution in [3.63, 3.8) is 0 Å². The normalized spacial score (nSPS) is 12.1. The van der Waals surface area contributed by atoms with Crippen molar-refractivity contribution in [2.24, 2.45) is 0 Å². The van der Waals surface area contributed by atoms with Crippen LogP contribution in [-0.4, -0.2) is 32.3 Å². The molecule has 1 unspecified atom stereocenters. The molecule has 0 spiro atoms. The van der Waals surface area contributed by atoms with Crippen molar-refractivity contribution < 1.29 is 9.18 Å². The van der Waals surface area contributed by atoms with Gasteiger partial charge in [0.1, 0.15) is 5.82 Å². The summed E-state index contributed by atoms with van der Waals surface area (Å²) in [6.45, 7) is 1.75. The minimum Gasteiger partial charge on any atom is -0.345 e. The first-order valence-corrected chi connectivity index (χ1v) is 6.55. The molecule has 2 N–H and O–H groups in total. The molecular formula is C11H12FN5OS. The van der Waals surface area contributed by atoms with Crippen LogP contribution < -0.4 is 5.32 Å². The molecule has 6 nitrogen and oxygen atoms in total. The Balaban J connectivity index is 1.84. The minimum atomic E-state index is -0.340. The van der Waals surface area contributed by atoms with Gasteiger partial charge in [0.15, 0.2) is 5.82 Å². The number of carbonyl (C=O) groups is 1. The van der Waals surface area contributed by atoms with Gasteiger partial charge in [0, 0.05) is 4.90 Å². The van der Waals surface area contributed by atoms with Crippen molar-refractivity contribution in [3.8, 4) is 0 Å². The highest BCUT2D eigenvalue weighted by Gasteiger charge is 2.14. The summed E-state index contributed by atoms with van der Waals surface area (Å²) in [7, 11) is 0. The van der Waals surface area contributed by atoms with Crippen LogP contribution in [0, 0.1) is 5.82 Å². The van der Waals surface area contributed by atoms with Gasteiger partial charge in [0.2, 0.25) is 5.91 Å². The smallest absolute Gasteiger partial charge is 0.230 e. The molecule has 0 radical (unpaired) electrons. The lowest BCUT2D eigenvalue weighted by atomic mass is 10.3. The van der Waals surface area contributed by atoms with E-state index in [2.05, 4.69) is 25.9 Å². The molecule has 0 aliphatic rings. The van der Waals surface area contributed by atoms with Crippen LogP contribution in [0.4, 0.5) is 4.39 Å². The maximum absolute atomic E-state index is 13.3. The van der Waals surface area contributed by atoms with E-state index in [4.69, 9.17) is 0 Å². The summed E-state index contributed by atoms with van der Waals surface area (Å²) < 4.78 is 13.3. The van der Waals surface area contributed by atoms with Gasteiger partial charge in [0.25, 0.3) is 0 Å². The Bertz CT molecular complexity index is 548. The average molecular weight is 281 g/mol. The predicted octanol–water partition coefficient (Wildman–Crippen LogP) is 1.31. The molecule has 0 aliphatic heterocycles. The number of nitrogens with one attached hydrogen (secondary N) is 2. The highest BCUT2D eigenvalue weighted by Crippen LogP contribution is 2.20. The number of halogens is 1. The summed E-state index contributed by atoms with van der Waals surface area (Å²) in [4.78, 5) is 12.1. The van der Waals surface area contributed by atoms with Crippen LogP contribution in [0.5, 0.6) is 0 Å². The lowest BCUT2D eigenvalue weighted by Gasteiger charge is -2.09. The zero-order chi connectivity index (χ0) is 13.7. The third-order valence-corrected chi connectivity index (χ3v) is 3.37. The molecule has 2 aromatic rings. The molecule has 0 saturated heterocycles. The quantitative estimate of drug-likeness (QED) is 0.807. The van der Waals surface area contributed by atoms with Crippen LogP contribution in [0.25, 0.3) is 0 Å². The summed E-state index contributed by atoms with van der Waals surface area (Å²) >= 11 is 1.14. The highest BCUT2D eigenvalue weighted by molar-refractivity contribution is 8.00. The number of hydrogen-bond donors (Lipinski definition) is 2. The van der Waals surface area contributed by atoms with Gasteiger partial charge in [-0.1, -0.05) is 17.3 Å². The number of thioether (sulfide) groups is 1. The van der Waals surface area contributed by atoms with Crippen molar-refractivity contribution in [1.82, 2.24) is 25.9 Å². The van der Waals surface area contributed by atoms with Gasteiger partial charge in [-0.25, -0.2) is 4.39 Å². The van der Waals surface area contributed by atoms with E-state index in [0.717, 1.165) is 11.8 Å². The van der Waals surface area contributed by atoms with Crippen LogP contribution in [0.15, 0.2) is 29.2 Å². The zero-order valence-electron chi connectivity index (χ0n) is 10.1. The largest absolute Gasteiger partial charge is 0.345 e. The second-order valence-corrected chi connectivity index (χ2v) is 4.80. The Morgan fingerprint density at radius 3 is 3.00 bits per heavy atom. The van der Waals surface area contributed by atoms with E-state index in [0.29, 0.717) is 10.7 Å². The molecular weight excluding hydrogens is 269 g/mol. The van der Waals surface area contributed by atoms with Crippen LogP contribution in [0.3, 0.4) is 0 Å². The first-order chi connectivity index (χ1) is 9.16. The first-order valence-electron chi connectivity index (χ1n) is 5.57. The molecule has 2 rings (SSSR count). The summed E-state index contributed by atoms with van der Waals surface area (Å²) in [5, 5.41) is 16.0. The Hall–Kier alpha value is -1.96. The first kappa shape index (κ1) is 13.5. The van der Waals surface area contributed by atoms with Gasteiger partial charge < -0.3 is 5.32 Å². The summed E-state index contributed by atoms with van der Waals surface area (Å²) in [5.41, 5.74) is 0. The lowest BCUT2D eigenvalue weighted by molar-refractivity contribution is -0.119. The molecule has 19 heavy (non-hydrogen) atoms. The van der Waals surface area contributed by atoms with Gasteiger partial charge in [-0.2, -0.15) is 5.21 Å². The van der Waals surface area contributed by atoms with Crippen molar-refractivity contribution in [3.05, 3.63) is 35.9 Å². The van der Waals surface area contributed by atoms with E-state index < -0.39 is 0 Å². The molecule has 8 heteroatoms. The Kier molecular flexibility index (Phi) is 4.45. The number of amides is 1. The molecule has 1 heterocycles. The number of nitrogens with zero attached hydrogens (tertiary/aromatic N) is 3. The maximum Gasteiger partial charge on any atom is 0.230 e. The van der Waals surface area contributed by atoms with Crippen molar-refractivity contribution in [2.45, 2.75) is 17.9 Å². The van der Waals surface area contributed by atoms with Crippen molar-refractivity contribution >= 4 is 17.7 Å². The molecule has 0 saturated carbocycles. The fourth-order valence-corrected chi connectivity index (χ4v) is 2.16. The highest BCUT2D eigenvalue weighted by atomic mass is 32.2. The second kappa shape index (κ2) is 6.28. The van der Waals surface area contributed by atoms with E-state index in [9.17, 15) is 9.18 Å². The standard InChI is InChI=1S/C11H12FN5OS/c1-7(11-14-16-17-15-11)13-10(18)6-19-9-5-3-2-4-8(9)12/h2-5,7H,6H2,1H3,(H,13,18)(H,14,15,16,17). The SMILES string of the molecule is CC(NC(=O)CSc1ccccc1F)c1nn[nH]n1. The van der Waals surface area contributed by atoms with E-state index in [1.807, 2.05) is 0 Å². The van der Waals surface area contributed by atoms with E-state index >= 15 is 0 Å². The number of aromatic amines is 1. The Labute approximate surface area is 113 Å². The molecule has 0 bridgehead atoms. The molecule has 1 aromatic carbocycles. The van der Waals surface area contributed by atoms with Crippen LogP contribution in [0.2, 0.25) is 0 Å². The zero-order valence-corrected chi connectivity index (χ0v) is 10.9. The van der Waals surface area contributed by atoms with Gasteiger partial charge in [-0.15, -0.1) is 22.0 Å². The predicted molar refractivity (Wildman–Crippen MR) is 67.9 cm³/mol. The fraction of sp³-hybridized carbons (Fsp3) is 0.273. The van der Waals surface area contributed by atoms with E-state index in [-0.39, 0.29) is 23.5 Å². The average Bonchev–Trinajstić information content (AvgIpc) is 2.91. The lowest BCUT2D eigenvalue weighted by Crippen LogP contribution is -2.28. The number of rotatable bonds is 5. The van der Waals surface area contributed by atoms with Crippen LogP contribution >= 0.6 is 11.8 Å². The fourth-order valence-electron chi connectivity index (χ4n) is 1.41. The maximum atomic E-state index is 13.3. The third-order valence-electron chi connectivity index (χ3n) is 2.32. The molecule has 100 valence electrons. The van der Waals surface area contributed by atoms with Gasteiger partial charge in [0.05, 0.1) is 11.8 Å². The topological polar surface area (TPSA) is 83.6 Å². The Morgan fingerprint density at radius 1 is 1.53 bits per heavy atom. The van der Waals surface area contributed by atoms with Crippen LogP contribution in [0.1, 0.15) is 18.8 Å². The van der Waals surface area contributed by atoms with Crippen molar-refractivity contribution in [2.75, 3.05) is 5.75 Å². The molecule has 1 aromatic heterocycles. The number of benzene rings is 1. The van der Waals surface area contributed by atoms with Crippen LogP contribution in [-0.2, 0) is 4.79 Å². The van der Waals surface area contributed by atoms with E-state index in [1.54, 1.807) is 25.1 Å². The second-order valence-electron chi connectivity index (χ2n) is 3.78. The van der Waals surface area contributed by atoms with Crippen molar-refractivity contribution in [1.29, 1.82) is 0 Å². The summed E-state index contributed by atoms with van der Waals surface area (Å²) in [6, 6.07) is 5.99. The molecule has 0 aliphatic carbocycles. The number of carbonyl (C=O) groups excluding carboxylic acids is 1. The van der Waals surface area contributed by atoms with Gasteiger partial charge in [-0.3, -0.25) is 4.79 Å². The van der Waals surface area contributed by atoms with Gasteiger partial charge >= 0.3 is 0 Å². The monoisotopic (exact) mass is 281 g/mol. The number of aromatic nitrogens is 4. The summed E-state index contributed by atoms with van der Waals surface area (Å²) in [5.74, 6) is -0.00957. The number of hydrogen-bond acceptors (Lipinski definition) is 5. The minimum absolute atomic E-state index is 0.128. The molecule has 1 amide bonds.